The minimum Gasteiger partial charge on any atom is -0.423 e. The average molecular weight is 815 g/mol. The van der Waals surface area contributed by atoms with E-state index in [4.69, 9.17) is 17.6 Å². The van der Waals surface area contributed by atoms with Crippen molar-refractivity contribution in [3.63, 3.8) is 0 Å². The standard InChI is InChI=1S/C54H54N2OSSi/c1-33-23-25-37(49-39(35-15-7-8-16-35)28-30-45-51(49)55-53-56(45)44-19-11-12-20-46(44)57-53)31-41(33)42-32-38(26-24-34(42)2)50-40(36-17-9-10-18-36)27-29-43-52(50)58-47-21-13-14-22-48(47)59(5,6)54(43,3)4/h11-14,19-32,35-36H,7-10,15-18H2,1-6H3/i1D3,2D3,35D,36D. The summed E-state index contributed by atoms with van der Waals surface area (Å²) in [5.41, 5.74) is 9.70. The molecule has 0 atom stereocenters. The van der Waals surface area contributed by atoms with E-state index in [1.54, 1.807) is 30.0 Å². The first-order chi connectivity index (χ1) is 31.7. The second kappa shape index (κ2) is 13.9. The molecule has 0 radical (unpaired) electrons. The number of oxazole rings is 1. The molecule has 0 unspecified atom stereocenters. The van der Waals surface area contributed by atoms with Gasteiger partial charge in [0.2, 0.25) is 0 Å². The first-order valence-electron chi connectivity index (χ1n) is 25.3. The van der Waals surface area contributed by atoms with Gasteiger partial charge in [0.15, 0.2) is 5.58 Å². The maximum Gasteiger partial charge on any atom is 0.307 e. The van der Waals surface area contributed by atoms with Crippen LogP contribution in [0.15, 0.2) is 123 Å². The molecule has 59 heavy (non-hydrogen) atoms. The maximum absolute atomic E-state index is 10.1. The summed E-state index contributed by atoms with van der Waals surface area (Å²) in [5, 5.41) is 1.16. The summed E-state index contributed by atoms with van der Waals surface area (Å²) < 4.78 is 81.9. The van der Waals surface area contributed by atoms with Crippen molar-refractivity contribution in [3.05, 3.63) is 137 Å². The van der Waals surface area contributed by atoms with Gasteiger partial charge >= 0.3 is 5.84 Å². The third-order valence-electron chi connectivity index (χ3n) is 14.4. The first kappa shape index (κ1) is 29.4. The molecule has 3 heterocycles. The van der Waals surface area contributed by atoms with Crippen LogP contribution in [0.2, 0.25) is 13.1 Å². The van der Waals surface area contributed by atoms with Crippen molar-refractivity contribution < 1.29 is 15.4 Å². The summed E-state index contributed by atoms with van der Waals surface area (Å²) in [6.07, 6.45) is 6.51. The molecule has 0 spiro atoms. The predicted octanol–water partition coefficient (Wildman–Crippen LogP) is 15.1. The molecule has 1 aliphatic heterocycles. The van der Waals surface area contributed by atoms with Gasteiger partial charge in [-0.1, -0.05) is 137 Å². The normalized spacial score (nSPS) is 21.4. The second-order valence-corrected chi connectivity index (χ2v) is 24.1. The minimum atomic E-state index is -2.61. The van der Waals surface area contributed by atoms with Crippen LogP contribution in [0.3, 0.4) is 0 Å². The number of fused-ring (bicyclic) bond motifs is 7. The Kier molecular flexibility index (Phi) is 6.90. The highest BCUT2D eigenvalue weighted by atomic mass is 32.2. The van der Waals surface area contributed by atoms with Crippen LogP contribution >= 0.6 is 11.8 Å². The Balaban J connectivity index is 1.21. The summed E-state index contributed by atoms with van der Waals surface area (Å²) in [6, 6.07) is 35.7. The molecule has 3 nitrogen and oxygen atoms in total. The SMILES string of the molecule is [2H]C([2H])([2H])c1ccc(-c2c(C3([2H])CCCC3)ccc3c2Sc2ccccc2[Si](C)(C)C3(C)C)cc1-c1cc(-c2c(C3([2H])CCCC3)ccc3c2nc2oc4ccccc4n23)ccc1C([2H])([2H])[2H]. The van der Waals surface area contributed by atoms with Crippen molar-refractivity contribution in [3.8, 4) is 33.4 Å². The first-order valence-corrected chi connectivity index (χ1v) is 25.1. The van der Waals surface area contributed by atoms with Crippen LogP contribution in [0.4, 0.5) is 0 Å². The fraction of sp³-hybridized carbons (Fsp3) is 0.315. The Bertz CT molecular complexity index is 3310. The van der Waals surface area contributed by atoms with Gasteiger partial charge in [-0.25, -0.2) is 0 Å². The van der Waals surface area contributed by atoms with Crippen LogP contribution in [-0.2, 0) is 5.04 Å². The molecule has 0 saturated heterocycles. The molecule has 2 aliphatic carbocycles. The smallest absolute Gasteiger partial charge is 0.307 e. The molecule has 3 aliphatic rings. The number of nitrogens with zero attached hydrogens (tertiary/aromatic N) is 2. The van der Waals surface area contributed by atoms with Gasteiger partial charge in [0.1, 0.15) is 5.52 Å². The van der Waals surface area contributed by atoms with E-state index in [2.05, 4.69) is 63.3 Å². The van der Waals surface area contributed by atoms with E-state index in [0.717, 1.165) is 69.4 Å². The topological polar surface area (TPSA) is 30.4 Å². The number of aryl methyl sites for hydroxylation is 2. The van der Waals surface area contributed by atoms with Crippen LogP contribution in [0.1, 0.15) is 116 Å². The van der Waals surface area contributed by atoms with Gasteiger partial charge in [0.05, 0.1) is 19.1 Å². The van der Waals surface area contributed by atoms with Gasteiger partial charge in [0.25, 0.3) is 0 Å². The van der Waals surface area contributed by atoms with Crippen molar-refractivity contribution in [2.45, 2.75) is 119 Å². The number of hydrogen-bond acceptors (Lipinski definition) is 3. The predicted molar refractivity (Wildman–Crippen MR) is 251 cm³/mol. The zero-order chi connectivity index (χ0) is 47.1. The van der Waals surface area contributed by atoms with E-state index in [1.807, 2.05) is 59.0 Å². The number of hydrogen-bond donors (Lipinski definition) is 0. The molecule has 5 heteroatoms. The highest BCUT2D eigenvalue weighted by Crippen LogP contribution is 2.53. The largest absolute Gasteiger partial charge is 0.423 e. The lowest BCUT2D eigenvalue weighted by atomic mass is 9.83. The minimum absolute atomic E-state index is 0.0377. The van der Waals surface area contributed by atoms with Crippen LogP contribution in [0.5, 0.6) is 0 Å². The van der Waals surface area contributed by atoms with Gasteiger partial charge in [0, 0.05) is 26.3 Å². The Morgan fingerprint density at radius 3 is 2.02 bits per heavy atom. The van der Waals surface area contributed by atoms with E-state index in [9.17, 15) is 2.74 Å². The van der Waals surface area contributed by atoms with Crippen molar-refractivity contribution in [1.82, 2.24) is 9.38 Å². The molecule has 6 aromatic carbocycles. The second-order valence-electron chi connectivity index (χ2n) is 18.0. The molecule has 0 bridgehead atoms. The Morgan fingerprint density at radius 2 is 1.32 bits per heavy atom. The van der Waals surface area contributed by atoms with E-state index >= 15 is 0 Å². The zero-order valence-electron chi connectivity index (χ0n) is 42.3. The van der Waals surface area contributed by atoms with Crippen LogP contribution in [-0.4, -0.2) is 17.5 Å². The number of imidazole rings is 1. The molecule has 0 amide bonds. The summed E-state index contributed by atoms with van der Waals surface area (Å²) in [6.45, 7) is 4.38. The van der Waals surface area contributed by atoms with Crippen molar-refractivity contribution in [2.75, 3.05) is 0 Å². The van der Waals surface area contributed by atoms with Crippen molar-refractivity contribution in [2.24, 2.45) is 0 Å². The van der Waals surface area contributed by atoms with Crippen LogP contribution < -0.4 is 5.19 Å². The van der Waals surface area contributed by atoms with E-state index < -0.39 is 33.6 Å². The molecule has 8 aromatic rings. The fourth-order valence-electron chi connectivity index (χ4n) is 10.4. The van der Waals surface area contributed by atoms with E-state index in [-0.39, 0.29) is 16.2 Å². The molecular weight excluding hydrogens is 753 g/mol. The molecule has 0 N–H and O–H groups in total. The quantitative estimate of drug-likeness (QED) is 0.162. The summed E-state index contributed by atoms with van der Waals surface area (Å²) in [4.78, 5) is 7.39. The van der Waals surface area contributed by atoms with Gasteiger partial charge < -0.3 is 4.42 Å². The lowest BCUT2D eigenvalue weighted by Crippen LogP contribution is -2.57. The summed E-state index contributed by atoms with van der Waals surface area (Å²) >= 11 is 1.75. The third-order valence-corrected chi connectivity index (χ3v) is 20.9. The average Bonchev–Trinajstić information content (AvgIpc) is 4.09. The number of benzene rings is 6. The van der Waals surface area contributed by atoms with Crippen molar-refractivity contribution in [1.29, 1.82) is 0 Å². The number of aromatic nitrogens is 2. The fourth-order valence-corrected chi connectivity index (χ4v) is 15.5. The van der Waals surface area contributed by atoms with Crippen molar-refractivity contribution >= 4 is 53.0 Å². The molecule has 2 aromatic heterocycles. The highest BCUT2D eigenvalue weighted by Gasteiger charge is 2.47. The number of para-hydroxylation sites is 2. The number of rotatable bonds is 5. The van der Waals surface area contributed by atoms with Gasteiger partial charge in [-0.3, -0.25) is 4.40 Å². The summed E-state index contributed by atoms with van der Waals surface area (Å²) in [7, 11) is -2.19. The zero-order valence-corrected chi connectivity index (χ0v) is 36.1. The van der Waals surface area contributed by atoms with Crippen LogP contribution in [0, 0.1) is 13.7 Å². The molecule has 11 rings (SSSR count). The molecular formula is C54H54N2OSSi. The molecule has 2 fully saturated rings. The Hall–Kier alpha value is -4.84. The third kappa shape index (κ3) is 5.70. The Labute approximate surface area is 365 Å². The van der Waals surface area contributed by atoms with Gasteiger partial charge in [-0.2, -0.15) is 4.98 Å². The lowest BCUT2D eigenvalue weighted by Gasteiger charge is -2.41. The lowest BCUT2D eigenvalue weighted by molar-refractivity contribution is 0.643. The van der Waals surface area contributed by atoms with E-state index in [1.165, 1.54) is 15.6 Å². The van der Waals surface area contributed by atoms with E-state index in [0.29, 0.717) is 59.3 Å². The molecule has 2 saturated carbocycles. The van der Waals surface area contributed by atoms with Crippen LogP contribution in [0.25, 0.3) is 61.4 Å². The maximum atomic E-state index is 10.1. The summed E-state index contributed by atoms with van der Waals surface area (Å²) in [5.74, 6) is -1.34. The van der Waals surface area contributed by atoms with Gasteiger partial charge in [-0.15, -0.1) is 0 Å². The molecule has 296 valence electrons. The Morgan fingerprint density at radius 1 is 0.712 bits per heavy atom. The monoisotopic (exact) mass is 814 g/mol. The van der Waals surface area contributed by atoms with Gasteiger partial charge in [-0.05, 0) is 153 Å². The highest BCUT2D eigenvalue weighted by molar-refractivity contribution is 7.99.